The van der Waals surface area contributed by atoms with E-state index in [1.165, 1.54) is 0 Å². The summed E-state index contributed by atoms with van der Waals surface area (Å²) in [5, 5.41) is 0.270. The van der Waals surface area contributed by atoms with Crippen molar-refractivity contribution in [2.75, 3.05) is 0 Å². The second-order valence-corrected chi connectivity index (χ2v) is 2.91. The van der Waals surface area contributed by atoms with Crippen LogP contribution in [0, 0.1) is 0 Å². The lowest BCUT2D eigenvalue weighted by Gasteiger charge is -1.94. The topological polar surface area (TPSA) is 8.81 Å². The number of imidazole rings is 1. The summed E-state index contributed by atoms with van der Waals surface area (Å²) in [4.78, 5) is 0. The Morgan fingerprint density at radius 2 is 2.33 bits per heavy atom. The van der Waals surface area contributed by atoms with Gasteiger partial charge in [0, 0.05) is 0 Å². The molecule has 50 valence electrons. The minimum absolute atomic E-state index is 0.270. The smallest absolute Gasteiger partial charge is 0.240 e. The third-order valence-electron chi connectivity index (χ3n) is 1.22. The second kappa shape index (κ2) is 2.43. The number of nitrogens with zero attached hydrogens (tertiary/aromatic N) is 2. The van der Waals surface area contributed by atoms with E-state index in [2.05, 4.69) is 12.6 Å². The summed E-state index contributed by atoms with van der Waals surface area (Å²) < 4.78 is 4.02. The van der Waals surface area contributed by atoms with E-state index in [4.69, 9.17) is 0 Å². The first kappa shape index (κ1) is 6.68. The molecule has 0 N–H and O–H groups in total. The van der Waals surface area contributed by atoms with Crippen LogP contribution in [0.4, 0.5) is 0 Å². The normalized spacial score (nSPS) is 13.7. The molecule has 0 saturated heterocycles. The van der Waals surface area contributed by atoms with Gasteiger partial charge in [0.05, 0.1) is 7.05 Å². The molecule has 0 aromatic carbocycles. The quantitative estimate of drug-likeness (QED) is 0.439. The van der Waals surface area contributed by atoms with Gasteiger partial charge in [0.25, 0.3) is 0 Å². The van der Waals surface area contributed by atoms with Gasteiger partial charge in [-0.2, -0.15) is 0 Å². The molecule has 0 amide bonds. The molecule has 1 heterocycles. The van der Waals surface area contributed by atoms with E-state index in [1.54, 1.807) is 0 Å². The van der Waals surface area contributed by atoms with Crippen LogP contribution in [0.15, 0.2) is 18.7 Å². The predicted octanol–water partition coefficient (Wildman–Crippen LogP) is 0.761. The Kier molecular flexibility index (Phi) is 1.81. The zero-order chi connectivity index (χ0) is 6.85. The molecule has 1 atom stereocenters. The first-order valence-corrected chi connectivity index (χ1v) is 3.42. The fourth-order valence-electron chi connectivity index (χ4n) is 0.690. The molecule has 0 aliphatic heterocycles. The Labute approximate surface area is 60.5 Å². The van der Waals surface area contributed by atoms with E-state index in [0.717, 1.165) is 0 Å². The Morgan fingerprint density at radius 1 is 1.67 bits per heavy atom. The molecule has 0 aliphatic carbocycles. The van der Waals surface area contributed by atoms with Crippen molar-refractivity contribution in [2.24, 2.45) is 7.05 Å². The summed E-state index contributed by atoms with van der Waals surface area (Å²) in [5.41, 5.74) is 0. The molecule has 0 spiro atoms. The summed E-state index contributed by atoms with van der Waals surface area (Å²) in [6, 6.07) is 0. The van der Waals surface area contributed by atoms with Crippen molar-refractivity contribution in [3.63, 3.8) is 0 Å². The summed E-state index contributed by atoms with van der Waals surface area (Å²) >= 11 is 4.25. The summed E-state index contributed by atoms with van der Waals surface area (Å²) in [5.74, 6) is 0. The van der Waals surface area contributed by atoms with E-state index in [-0.39, 0.29) is 5.37 Å². The number of aryl methyl sites for hydroxylation is 1. The van der Waals surface area contributed by atoms with Gasteiger partial charge in [0.1, 0.15) is 17.8 Å². The third-order valence-corrected chi connectivity index (χ3v) is 1.49. The molecule has 0 radical (unpaired) electrons. The van der Waals surface area contributed by atoms with Gasteiger partial charge >= 0.3 is 0 Å². The van der Waals surface area contributed by atoms with E-state index in [0.29, 0.717) is 0 Å². The maximum absolute atomic E-state index is 4.25. The SMILES string of the molecule is CC(S)n1cc[n+](C)c1. The van der Waals surface area contributed by atoms with Crippen LogP contribution in [0.5, 0.6) is 0 Å². The highest BCUT2D eigenvalue weighted by atomic mass is 32.1. The highest BCUT2D eigenvalue weighted by Crippen LogP contribution is 2.05. The molecule has 2 nitrogen and oxygen atoms in total. The number of thiol groups is 1. The van der Waals surface area contributed by atoms with Crippen LogP contribution in [0.1, 0.15) is 12.3 Å². The Balaban J connectivity index is 2.85. The van der Waals surface area contributed by atoms with Crippen molar-refractivity contribution in [1.82, 2.24) is 4.57 Å². The van der Waals surface area contributed by atoms with E-state index >= 15 is 0 Å². The first-order valence-electron chi connectivity index (χ1n) is 2.91. The van der Waals surface area contributed by atoms with Gasteiger partial charge in [-0.3, -0.25) is 0 Å². The average Bonchev–Trinajstić information content (AvgIpc) is 2.14. The minimum Gasteiger partial charge on any atom is -0.240 e. The zero-order valence-corrected chi connectivity index (χ0v) is 6.55. The molecule has 1 unspecified atom stereocenters. The van der Waals surface area contributed by atoms with Crippen molar-refractivity contribution in [1.29, 1.82) is 0 Å². The van der Waals surface area contributed by atoms with Crippen molar-refractivity contribution in [3.8, 4) is 0 Å². The molecule has 0 fully saturated rings. The fourth-order valence-corrected chi connectivity index (χ4v) is 0.827. The Morgan fingerprint density at radius 3 is 2.56 bits per heavy atom. The molecule has 0 bridgehead atoms. The number of rotatable bonds is 1. The molecule has 1 aromatic heterocycles. The second-order valence-electron chi connectivity index (χ2n) is 2.16. The standard InChI is InChI=1S/C6H10N2S/c1-6(9)8-4-3-7(2)5-8/h3-6H,1-2H3/p+1. The van der Waals surface area contributed by atoms with Crippen molar-refractivity contribution in [3.05, 3.63) is 18.7 Å². The van der Waals surface area contributed by atoms with Crippen LogP contribution in [-0.4, -0.2) is 4.57 Å². The summed E-state index contributed by atoms with van der Waals surface area (Å²) in [7, 11) is 1.99. The Hall–Kier alpha value is -0.440. The van der Waals surface area contributed by atoms with Crippen LogP contribution in [0.3, 0.4) is 0 Å². The third kappa shape index (κ3) is 1.48. The van der Waals surface area contributed by atoms with Crippen LogP contribution >= 0.6 is 12.6 Å². The number of hydrogen-bond donors (Lipinski definition) is 1. The predicted molar refractivity (Wildman–Crippen MR) is 39.3 cm³/mol. The van der Waals surface area contributed by atoms with Crippen molar-refractivity contribution in [2.45, 2.75) is 12.3 Å². The molecule has 0 saturated carbocycles. The highest BCUT2D eigenvalue weighted by molar-refractivity contribution is 7.80. The molecule has 1 rings (SSSR count). The number of hydrogen-bond acceptors (Lipinski definition) is 1. The van der Waals surface area contributed by atoms with Gasteiger partial charge in [-0.15, -0.1) is 12.6 Å². The van der Waals surface area contributed by atoms with Gasteiger partial charge in [0.2, 0.25) is 6.33 Å². The summed E-state index contributed by atoms with van der Waals surface area (Å²) in [6.07, 6.45) is 5.99. The minimum atomic E-state index is 0.270. The van der Waals surface area contributed by atoms with Crippen LogP contribution in [-0.2, 0) is 7.05 Å². The molecular weight excluding hydrogens is 132 g/mol. The number of aromatic nitrogens is 2. The van der Waals surface area contributed by atoms with Gasteiger partial charge in [0.15, 0.2) is 0 Å². The lowest BCUT2D eigenvalue weighted by Crippen LogP contribution is -2.23. The van der Waals surface area contributed by atoms with E-state index in [9.17, 15) is 0 Å². The largest absolute Gasteiger partial charge is 0.244 e. The van der Waals surface area contributed by atoms with Gasteiger partial charge in [-0.1, -0.05) is 0 Å². The van der Waals surface area contributed by atoms with E-state index in [1.807, 2.05) is 41.8 Å². The van der Waals surface area contributed by atoms with Crippen molar-refractivity contribution < 1.29 is 4.57 Å². The van der Waals surface area contributed by atoms with Crippen molar-refractivity contribution >= 4 is 12.6 Å². The maximum Gasteiger partial charge on any atom is 0.244 e. The zero-order valence-electron chi connectivity index (χ0n) is 5.65. The van der Waals surface area contributed by atoms with E-state index < -0.39 is 0 Å². The maximum atomic E-state index is 4.25. The first-order chi connectivity index (χ1) is 4.20. The van der Waals surface area contributed by atoms with Crippen LogP contribution < -0.4 is 4.57 Å². The van der Waals surface area contributed by atoms with Gasteiger partial charge in [-0.05, 0) is 6.92 Å². The van der Waals surface area contributed by atoms with Crippen LogP contribution in [0.2, 0.25) is 0 Å². The monoisotopic (exact) mass is 143 g/mol. The lowest BCUT2D eigenvalue weighted by atomic mass is 10.7. The molecule has 1 aromatic rings. The molecule has 9 heavy (non-hydrogen) atoms. The highest BCUT2D eigenvalue weighted by Gasteiger charge is 2.02. The van der Waals surface area contributed by atoms with Gasteiger partial charge < -0.3 is 0 Å². The van der Waals surface area contributed by atoms with Crippen LogP contribution in [0.25, 0.3) is 0 Å². The molecule has 3 heteroatoms. The Bertz CT molecular complexity index is 193. The van der Waals surface area contributed by atoms with Gasteiger partial charge in [-0.25, -0.2) is 9.13 Å². The lowest BCUT2D eigenvalue weighted by molar-refractivity contribution is -0.671. The average molecular weight is 143 g/mol. The molecule has 0 aliphatic rings. The fraction of sp³-hybridized carbons (Fsp3) is 0.500. The molecular formula is C6H11N2S+. The summed E-state index contributed by atoms with van der Waals surface area (Å²) in [6.45, 7) is 2.03.